The number of nitrogens with zero attached hydrogens (tertiary/aromatic N) is 1. The lowest BCUT2D eigenvalue weighted by Crippen LogP contribution is -2.79. The summed E-state index contributed by atoms with van der Waals surface area (Å²) in [5.41, 5.74) is 0.824. The fourth-order valence-electron chi connectivity index (χ4n) is 8.58. The van der Waals surface area contributed by atoms with E-state index >= 15 is 0 Å². The van der Waals surface area contributed by atoms with E-state index in [0.29, 0.717) is 11.8 Å². The van der Waals surface area contributed by atoms with Crippen LogP contribution in [-0.2, 0) is 16.6 Å². The van der Waals surface area contributed by atoms with Gasteiger partial charge in [0, 0.05) is 35.5 Å². The number of phenols is 1. The van der Waals surface area contributed by atoms with Crippen LogP contribution in [0.1, 0.15) is 70.9 Å². The highest BCUT2D eigenvalue weighted by Crippen LogP contribution is 2.75. The third-order valence-corrected chi connectivity index (χ3v) is 10.1. The third-order valence-electron chi connectivity index (χ3n) is 10.1. The quantitative estimate of drug-likeness (QED) is 0.715. The average molecular weight is 430 g/mol. The molecule has 1 aliphatic heterocycles. The van der Waals surface area contributed by atoms with E-state index in [4.69, 9.17) is 9.47 Å². The van der Waals surface area contributed by atoms with Gasteiger partial charge in [-0.15, -0.1) is 0 Å². The maximum absolute atomic E-state index is 11.7. The molecular weight excluding hydrogens is 390 g/mol. The Kier molecular flexibility index (Phi) is 4.60. The molecule has 3 saturated carbocycles. The summed E-state index contributed by atoms with van der Waals surface area (Å²) >= 11 is 0. The number of benzene rings is 1. The van der Waals surface area contributed by atoms with E-state index in [0.717, 1.165) is 45.1 Å². The smallest absolute Gasteiger partial charge is 0.165 e. The lowest BCUT2D eigenvalue weighted by atomic mass is 9.35. The number of phenolic OH excluding ortho intramolecular Hbond substituents is 1. The molecule has 6 rings (SSSR count). The van der Waals surface area contributed by atoms with Crippen LogP contribution >= 0.6 is 0 Å². The number of likely N-dealkylation sites (N-methyl/N-ethyl adjacent to an activating group) is 1. The summed E-state index contributed by atoms with van der Waals surface area (Å²) in [6.07, 6.45) is 5.29. The molecule has 5 aliphatic rings. The summed E-state index contributed by atoms with van der Waals surface area (Å²) in [5.74, 6) is 0.878. The monoisotopic (exact) mass is 429 g/mol. The summed E-state index contributed by atoms with van der Waals surface area (Å²) in [7, 11) is 4.04. The van der Waals surface area contributed by atoms with E-state index in [2.05, 4.69) is 38.8 Å². The van der Waals surface area contributed by atoms with E-state index in [9.17, 15) is 10.2 Å². The molecule has 1 aromatic carbocycles. The van der Waals surface area contributed by atoms with Gasteiger partial charge in [0.15, 0.2) is 11.5 Å². The number of fused-ring (bicyclic) bond motifs is 2. The van der Waals surface area contributed by atoms with Crippen molar-refractivity contribution in [3.63, 3.8) is 0 Å². The Morgan fingerprint density at radius 1 is 1.29 bits per heavy atom. The molecule has 0 amide bonds. The second-order valence-corrected chi connectivity index (χ2v) is 11.1. The molecule has 2 N–H and O–H groups in total. The maximum atomic E-state index is 11.7. The Hall–Kier alpha value is -1.30. The minimum atomic E-state index is -0.824. The fourth-order valence-corrected chi connectivity index (χ4v) is 8.58. The van der Waals surface area contributed by atoms with Crippen molar-refractivity contribution in [1.29, 1.82) is 0 Å². The number of ether oxygens (including phenoxy) is 2. The zero-order chi connectivity index (χ0) is 22.4. The number of methoxy groups -OCH3 is 1. The van der Waals surface area contributed by atoms with Gasteiger partial charge in [-0.05, 0) is 64.3 Å². The topological polar surface area (TPSA) is 62.2 Å². The van der Waals surface area contributed by atoms with Crippen molar-refractivity contribution in [2.24, 2.45) is 11.3 Å². The fraction of sp³-hybridized carbons (Fsp3) is 0.769. The molecular formula is C26H39NO4. The van der Waals surface area contributed by atoms with Crippen LogP contribution in [0.2, 0.25) is 0 Å². The van der Waals surface area contributed by atoms with Gasteiger partial charge in [-0.2, -0.15) is 0 Å². The Balaban J connectivity index is 1.78. The normalized spacial score (nSPS) is 41.7. The largest absolute Gasteiger partial charge is 0.504 e. The van der Waals surface area contributed by atoms with Crippen LogP contribution in [0.5, 0.6) is 11.5 Å². The third kappa shape index (κ3) is 2.33. The van der Waals surface area contributed by atoms with Crippen molar-refractivity contribution in [3.05, 3.63) is 23.3 Å². The van der Waals surface area contributed by atoms with Crippen LogP contribution < -0.4 is 4.74 Å². The van der Waals surface area contributed by atoms with Gasteiger partial charge >= 0.3 is 0 Å². The van der Waals surface area contributed by atoms with Gasteiger partial charge in [-0.25, -0.2) is 0 Å². The molecule has 1 aromatic rings. The molecule has 0 saturated heterocycles. The first-order valence-electron chi connectivity index (χ1n) is 12.1. The van der Waals surface area contributed by atoms with Crippen molar-refractivity contribution in [1.82, 2.24) is 4.90 Å². The molecule has 5 nitrogen and oxygen atoms in total. The number of rotatable bonds is 6. The van der Waals surface area contributed by atoms with Gasteiger partial charge in [0.1, 0.15) is 11.7 Å². The molecule has 1 heterocycles. The molecule has 172 valence electrons. The number of aromatic hydroxyl groups is 1. The SMILES string of the molecule is CCC[C@@](C)(O)[C@H]1C[C@@]23CC[C@]1(OC)[C@@H]1Oc4c(O)ccc(c4[C@@]12C)C[C@H]3N(C)CC. The van der Waals surface area contributed by atoms with Gasteiger partial charge < -0.3 is 24.6 Å². The van der Waals surface area contributed by atoms with E-state index in [1.165, 1.54) is 11.1 Å². The van der Waals surface area contributed by atoms with Crippen molar-refractivity contribution < 1.29 is 19.7 Å². The highest BCUT2D eigenvalue weighted by atomic mass is 16.6. The lowest BCUT2D eigenvalue weighted by Gasteiger charge is -2.72. The Bertz CT molecular complexity index is 900. The van der Waals surface area contributed by atoms with Crippen LogP contribution in [0, 0.1) is 11.3 Å². The zero-order valence-electron chi connectivity index (χ0n) is 20.0. The number of hydrogen-bond acceptors (Lipinski definition) is 5. The second kappa shape index (κ2) is 6.61. The first-order valence-corrected chi connectivity index (χ1v) is 12.1. The molecule has 3 fully saturated rings. The molecule has 0 aromatic heterocycles. The molecule has 31 heavy (non-hydrogen) atoms. The van der Waals surface area contributed by atoms with Gasteiger partial charge in [-0.1, -0.05) is 33.3 Å². The summed E-state index contributed by atoms with van der Waals surface area (Å²) in [4.78, 5) is 2.51. The first kappa shape index (κ1) is 21.5. The van der Waals surface area contributed by atoms with E-state index < -0.39 is 11.2 Å². The molecule has 1 spiro atoms. The van der Waals surface area contributed by atoms with Crippen LogP contribution in [0.4, 0.5) is 0 Å². The summed E-state index contributed by atoms with van der Waals surface area (Å²) < 4.78 is 13.1. The highest BCUT2D eigenvalue weighted by molar-refractivity contribution is 5.62. The predicted octanol–water partition coefficient (Wildman–Crippen LogP) is 4.02. The maximum Gasteiger partial charge on any atom is 0.165 e. The van der Waals surface area contributed by atoms with Crippen LogP contribution in [0.3, 0.4) is 0 Å². The van der Waals surface area contributed by atoms with E-state index in [1.54, 1.807) is 13.2 Å². The van der Waals surface area contributed by atoms with Crippen LogP contribution in [0.25, 0.3) is 0 Å². The molecule has 2 bridgehead atoms. The highest BCUT2D eigenvalue weighted by Gasteiger charge is 2.79. The first-order chi connectivity index (χ1) is 14.6. The standard InChI is InChI=1S/C26H39NO4/c1-7-11-23(3,29)18-15-25-12-13-26(18,30-6)22-24(25,4)20-16(14-19(25)27(5)8-2)9-10-17(28)21(20)31-22/h9-10,18-19,22,28-29H,7-8,11-15H2,1-6H3/t18-,19-,22-,23-,24+,25-,26-/m1/s1. The summed E-state index contributed by atoms with van der Waals surface area (Å²) in [5, 5.41) is 22.5. The molecule has 5 heteroatoms. The van der Waals surface area contributed by atoms with Crippen molar-refractivity contribution in [3.8, 4) is 11.5 Å². The van der Waals surface area contributed by atoms with Gasteiger partial charge in [0.05, 0.1) is 5.60 Å². The Labute approximate surface area is 186 Å². The van der Waals surface area contributed by atoms with E-state index in [1.807, 2.05) is 6.92 Å². The summed E-state index contributed by atoms with van der Waals surface area (Å²) in [6.45, 7) is 9.72. The molecule has 7 atom stereocenters. The Morgan fingerprint density at radius 2 is 2.03 bits per heavy atom. The van der Waals surface area contributed by atoms with Crippen molar-refractivity contribution in [2.45, 2.75) is 95.0 Å². The van der Waals surface area contributed by atoms with Gasteiger partial charge in [0.25, 0.3) is 0 Å². The molecule has 0 unspecified atom stereocenters. The molecule has 4 aliphatic carbocycles. The van der Waals surface area contributed by atoms with Crippen molar-refractivity contribution in [2.75, 3.05) is 20.7 Å². The van der Waals surface area contributed by atoms with Gasteiger partial charge in [0.2, 0.25) is 0 Å². The zero-order valence-corrected chi connectivity index (χ0v) is 20.0. The summed E-state index contributed by atoms with van der Waals surface area (Å²) in [6, 6.07) is 4.26. The van der Waals surface area contributed by atoms with Gasteiger partial charge in [-0.3, -0.25) is 0 Å². The average Bonchev–Trinajstić information content (AvgIpc) is 3.09. The van der Waals surface area contributed by atoms with Crippen molar-refractivity contribution >= 4 is 0 Å². The molecule has 0 radical (unpaired) electrons. The van der Waals surface area contributed by atoms with Crippen LogP contribution in [-0.4, -0.2) is 59.2 Å². The Morgan fingerprint density at radius 3 is 2.68 bits per heavy atom. The number of hydrogen-bond donors (Lipinski definition) is 2. The predicted molar refractivity (Wildman–Crippen MR) is 121 cm³/mol. The minimum Gasteiger partial charge on any atom is -0.504 e. The van der Waals surface area contributed by atoms with Crippen LogP contribution in [0.15, 0.2) is 12.1 Å². The number of aliphatic hydroxyl groups is 1. The van der Waals surface area contributed by atoms with E-state index in [-0.39, 0.29) is 28.6 Å². The lowest BCUT2D eigenvalue weighted by molar-refractivity contribution is -0.288. The second-order valence-electron chi connectivity index (χ2n) is 11.1. The minimum absolute atomic E-state index is 0.0115.